The summed E-state index contributed by atoms with van der Waals surface area (Å²) in [4.78, 5) is 33.5. The average Bonchev–Trinajstić information content (AvgIpc) is 3.75. The molecule has 39 heavy (non-hydrogen) atoms. The first-order valence-electron chi connectivity index (χ1n) is 12.8. The van der Waals surface area contributed by atoms with E-state index in [0.717, 1.165) is 37.1 Å². The summed E-state index contributed by atoms with van der Waals surface area (Å²) in [5.41, 5.74) is 5.18. The van der Waals surface area contributed by atoms with E-state index >= 15 is 4.39 Å². The van der Waals surface area contributed by atoms with Crippen LogP contribution in [0.4, 0.5) is 10.1 Å². The van der Waals surface area contributed by atoms with E-state index in [1.807, 2.05) is 23.8 Å². The maximum Gasteiger partial charge on any atom is 0.227 e. The molecule has 1 amide bonds. The summed E-state index contributed by atoms with van der Waals surface area (Å²) in [5.74, 6) is -0.0639. The van der Waals surface area contributed by atoms with E-state index in [2.05, 4.69) is 40.4 Å². The summed E-state index contributed by atoms with van der Waals surface area (Å²) >= 11 is 0. The van der Waals surface area contributed by atoms with Gasteiger partial charge in [-0.1, -0.05) is 12.8 Å². The highest BCUT2D eigenvalue weighted by Gasteiger charge is 2.24. The van der Waals surface area contributed by atoms with Gasteiger partial charge in [0.05, 0.1) is 40.5 Å². The molecule has 11 heteroatoms. The van der Waals surface area contributed by atoms with Gasteiger partial charge in [-0.15, -0.1) is 0 Å². The number of aromatic amines is 2. The highest BCUT2D eigenvalue weighted by Crippen LogP contribution is 2.35. The Kier molecular flexibility index (Phi) is 5.43. The molecular formula is C28H24FN9O. The highest BCUT2D eigenvalue weighted by molar-refractivity contribution is 5.97. The van der Waals surface area contributed by atoms with Crippen LogP contribution in [0.1, 0.15) is 31.4 Å². The van der Waals surface area contributed by atoms with Crippen LogP contribution in [0.2, 0.25) is 0 Å². The lowest BCUT2D eigenvalue weighted by Crippen LogP contribution is -2.20. The topological polar surface area (TPSA) is 130 Å². The number of hydrogen-bond acceptors (Lipinski definition) is 6. The monoisotopic (exact) mass is 521 g/mol. The lowest BCUT2D eigenvalue weighted by atomic mass is 10.0. The minimum absolute atomic E-state index is 0.0109. The van der Waals surface area contributed by atoms with Crippen LogP contribution in [0.15, 0.2) is 55.4 Å². The van der Waals surface area contributed by atoms with Gasteiger partial charge in [0.2, 0.25) is 5.91 Å². The SMILES string of the molecule is Cc1cn(-c2ccnc3nc(-c4n[nH]c5ccc(-c6cncc(NC(=O)C7CCCC7)c6)c(F)c45)[nH]c23)cn1. The lowest BCUT2D eigenvalue weighted by molar-refractivity contribution is -0.119. The summed E-state index contributed by atoms with van der Waals surface area (Å²) < 4.78 is 18.0. The minimum atomic E-state index is -0.462. The molecule has 1 aliphatic carbocycles. The van der Waals surface area contributed by atoms with Crippen molar-refractivity contribution >= 4 is 33.7 Å². The molecule has 1 aromatic carbocycles. The van der Waals surface area contributed by atoms with Crippen molar-refractivity contribution in [1.82, 2.24) is 39.7 Å². The van der Waals surface area contributed by atoms with Crippen LogP contribution in [0.3, 0.4) is 0 Å². The number of imidazole rings is 2. The summed E-state index contributed by atoms with van der Waals surface area (Å²) in [7, 11) is 0. The van der Waals surface area contributed by atoms with E-state index < -0.39 is 5.82 Å². The Bertz CT molecular complexity index is 1860. The van der Waals surface area contributed by atoms with Crippen molar-refractivity contribution in [2.75, 3.05) is 5.32 Å². The molecule has 194 valence electrons. The smallest absolute Gasteiger partial charge is 0.227 e. The van der Waals surface area contributed by atoms with Gasteiger partial charge in [0, 0.05) is 35.6 Å². The number of amides is 1. The van der Waals surface area contributed by atoms with Crippen molar-refractivity contribution in [3.05, 3.63) is 66.9 Å². The maximum atomic E-state index is 16.1. The number of carbonyl (C=O) groups is 1. The third kappa shape index (κ3) is 4.02. The van der Waals surface area contributed by atoms with Gasteiger partial charge in [-0.2, -0.15) is 5.10 Å². The summed E-state index contributed by atoms with van der Waals surface area (Å²) in [6.45, 7) is 1.91. The zero-order chi connectivity index (χ0) is 26.5. The zero-order valence-electron chi connectivity index (χ0n) is 21.1. The van der Waals surface area contributed by atoms with Crippen LogP contribution in [-0.2, 0) is 4.79 Å². The number of nitrogens with one attached hydrogen (secondary N) is 3. The Balaban J connectivity index is 1.28. The molecule has 0 atom stereocenters. The number of hydrogen-bond donors (Lipinski definition) is 3. The maximum absolute atomic E-state index is 16.1. The quantitative estimate of drug-likeness (QED) is 0.281. The van der Waals surface area contributed by atoms with Gasteiger partial charge in [0.1, 0.15) is 17.0 Å². The average molecular weight is 522 g/mol. The molecule has 10 nitrogen and oxygen atoms in total. The fourth-order valence-electron chi connectivity index (χ4n) is 5.33. The zero-order valence-corrected chi connectivity index (χ0v) is 21.1. The van der Waals surface area contributed by atoms with Crippen molar-refractivity contribution < 1.29 is 9.18 Å². The Morgan fingerprint density at radius 1 is 1.15 bits per heavy atom. The number of aryl methyl sites for hydroxylation is 1. The molecular weight excluding hydrogens is 497 g/mol. The first kappa shape index (κ1) is 23.2. The molecule has 1 fully saturated rings. The molecule has 0 aliphatic heterocycles. The molecule has 0 radical (unpaired) electrons. The third-order valence-corrected chi connectivity index (χ3v) is 7.29. The van der Waals surface area contributed by atoms with Gasteiger partial charge in [0.25, 0.3) is 0 Å². The number of pyridine rings is 2. The van der Waals surface area contributed by atoms with Crippen molar-refractivity contribution in [2.45, 2.75) is 32.6 Å². The van der Waals surface area contributed by atoms with Gasteiger partial charge in [0.15, 0.2) is 11.5 Å². The number of carbonyl (C=O) groups excluding carboxylic acids is 1. The molecule has 1 aliphatic rings. The predicted molar refractivity (Wildman–Crippen MR) is 145 cm³/mol. The molecule has 3 N–H and O–H groups in total. The number of fused-ring (bicyclic) bond motifs is 2. The van der Waals surface area contributed by atoms with Gasteiger partial charge < -0.3 is 14.9 Å². The Hall–Kier alpha value is -4.93. The van der Waals surface area contributed by atoms with E-state index in [4.69, 9.17) is 0 Å². The van der Waals surface area contributed by atoms with Crippen molar-refractivity contribution in [2.24, 2.45) is 5.92 Å². The van der Waals surface area contributed by atoms with E-state index in [0.29, 0.717) is 50.4 Å². The van der Waals surface area contributed by atoms with Crippen LogP contribution < -0.4 is 5.32 Å². The minimum Gasteiger partial charge on any atom is -0.333 e. The number of benzene rings is 1. The van der Waals surface area contributed by atoms with Crippen molar-refractivity contribution in [3.8, 4) is 28.3 Å². The molecule has 5 heterocycles. The molecule has 6 aromatic rings. The second kappa shape index (κ2) is 9.12. The first-order chi connectivity index (χ1) is 19.0. The Morgan fingerprint density at radius 3 is 2.85 bits per heavy atom. The van der Waals surface area contributed by atoms with Gasteiger partial charge in [-0.3, -0.25) is 14.9 Å². The number of rotatable bonds is 5. The molecule has 0 saturated heterocycles. The molecule has 0 unspecified atom stereocenters. The molecule has 1 saturated carbocycles. The van der Waals surface area contributed by atoms with Crippen molar-refractivity contribution in [1.29, 1.82) is 0 Å². The first-order valence-corrected chi connectivity index (χ1v) is 12.8. The van der Waals surface area contributed by atoms with E-state index in [1.165, 1.54) is 0 Å². The predicted octanol–water partition coefficient (Wildman–Crippen LogP) is 5.33. The van der Waals surface area contributed by atoms with Crippen LogP contribution >= 0.6 is 0 Å². The largest absolute Gasteiger partial charge is 0.333 e. The van der Waals surface area contributed by atoms with Crippen molar-refractivity contribution in [3.63, 3.8) is 0 Å². The van der Waals surface area contributed by atoms with E-state index in [9.17, 15) is 4.79 Å². The number of nitrogens with zero attached hydrogens (tertiary/aromatic N) is 6. The van der Waals surface area contributed by atoms with E-state index in [-0.39, 0.29) is 11.8 Å². The summed E-state index contributed by atoms with van der Waals surface area (Å²) in [6, 6.07) is 7.06. The fraction of sp³-hybridized carbons (Fsp3) is 0.214. The number of H-pyrrole nitrogens is 2. The summed E-state index contributed by atoms with van der Waals surface area (Å²) in [5, 5.41) is 10.5. The normalized spacial score (nSPS) is 14.0. The van der Waals surface area contributed by atoms with E-state index in [1.54, 1.807) is 43.1 Å². The fourth-order valence-corrected chi connectivity index (χ4v) is 5.33. The second-order valence-electron chi connectivity index (χ2n) is 9.89. The standard InChI is InChI=1S/C28H24FN9O/c1-15-13-38(14-32-15)21-8-9-31-26-24(21)34-27(35-26)25-22-20(36-37-25)7-6-19(23(22)29)17-10-18(12-30-11-17)33-28(39)16-4-2-3-5-16/h6-14,16H,2-5H2,1H3,(H,33,39)(H,36,37)(H,31,34,35). The highest BCUT2D eigenvalue weighted by atomic mass is 19.1. The van der Waals surface area contributed by atoms with Crippen LogP contribution in [0.25, 0.3) is 50.4 Å². The number of aromatic nitrogens is 8. The van der Waals surface area contributed by atoms with Gasteiger partial charge in [-0.05, 0) is 44.0 Å². The summed E-state index contributed by atoms with van der Waals surface area (Å²) in [6.07, 6.45) is 12.4. The lowest BCUT2D eigenvalue weighted by Gasteiger charge is -2.11. The molecule has 0 spiro atoms. The van der Waals surface area contributed by atoms with Gasteiger partial charge >= 0.3 is 0 Å². The molecule has 0 bridgehead atoms. The van der Waals surface area contributed by atoms with Gasteiger partial charge in [-0.25, -0.2) is 19.3 Å². The second-order valence-corrected chi connectivity index (χ2v) is 9.89. The van der Waals surface area contributed by atoms with Crippen LogP contribution in [0.5, 0.6) is 0 Å². The molecule has 5 aromatic heterocycles. The Labute approximate surface area is 221 Å². The third-order valence-electron chi connectivity index (χ3n) is 7.29. The number of halogens is 1. The van der Waals surface area contributed by atoms with Crippen LogP contribution in [0, 0.1) is 18.7 Å². The molecule has 7 rings (SSSR count). The number of anilines is 1. The van der Waals surface area contributed by atoms with Crippen LogP contribution in [-0.4, -0.2) is 45.6 Å². The Morgan fingerprint density at radius 2 is 2.03 bits per heavy atom.